The third-order valence-electron chi connectivity index (χ3n) is 4.92. The number of carbonyl (C=O) groups is 1. The zero-order valence-corrected chi connectivity index (χ0v) is 14.3. The highest BCUT2D eigenvalue weighted by Gasteiger charge is 2.24. The number of fused-ring (bicyclic) bond motifs is 2. The summed E-state index contributed by atoms with van der Waals surface area (Å²) in [6.07, 6.45) is 3.38. The first-order chi connectivity index (χ1) is 12.2. The molecule has 0 bridgehead atoms. The van der Waals surface area contributed by atoms with Crippen LogP contribution in [0.2, 0.25) is 0 Å². The van der Waals surface area contributed by atoms with Crippen molar-refractivity contribution in [2.45, 2.75) is 25.3 Å². The van der Waals surface area contributed by atoms with Crippen molar-refractivity contribution in [1.29, 1.82) is 0 Å². The second-order valence-electron chi connectivity index (χ2n) is 6.64. The molecule has 0 radical (unpaired) electrons. The average Bonchev–Trinajstić information content (AvgIpc) is 3.08. The zero-order chi connectivity index (χ0) is 17.2. The molecule has 2 aromatic rings. The molecule has 1 N–H and O–H groups in total. The highest BCUT2D eigenvalue weighted by molar-refractivity contribution is 5.92. The van der Waals surface area contributed by atoms with Gasteiger partial charge in [-0.1, -0.05) is 24.3 Å². The minimum absolute atomic E-state index is 0.0237. The highest BCUT2D eigenvalue weighted by Crippen LogP contribution is 2.35. The molecular formula is C20H22N2O3. The number of nitrogens with zero attached hydrogens (tertiary/aromatic N) is 1. The van der Waals surface area contributed by atoms with Crippen LogP contribution in [-0.2, 0) is 11.2 Å². The maximum absolute atomic E-state index is 12.5. The molecule has 0 aromatic heterocycles. The van der Waals surface area contributed by atoms with Crippen LogP contribution in [0.5, 0.6) is 11.5 Å². The van der Waals surface area contributed by atoms with Gasteiger partial charge in [0.05, 0.1) is 6.54 Å². The molecule has 2 aromatic carbocycles. The van der Waals surface area contributed by atoms with E-state index in [1.807, 2.05) is 19.2 Å². The standard InChI is InChI=1S/C20H22N2O3/c1-22(17-8-4-6-14-5-2-3-7-16(14)17)12-20(23)21-15-9-10-18-19(11-15)25-13-24-18/h2-3,5,7,9-11,17H,4,6,8,12-13H2,1H3,(H,21,23)/t17-/m0/s1. The molecule has 5 heteroatoms. The molecule has 4 rings (SSSR count). The van der Waals surface area contributed by atoms with E-state index in [4.69, 9.17) is 9.47 Å². The summed E-state index contributed by atoms with van der Waals surface area (Å²) in [4.78, 5) is 14.6. The number of likely N-dealkylation sites (N-methyl/N-ethyl adjacent to an activating group) is 1. The van der Waals surface area contributed by atoms with Crippen LogP contribution in [0.1, 0.15) is 30.0 Å². The van der Waals surface area contributed by atoms with Crippen molar-refractivity contribution in [3.8, 4) is 11.5 Å². The van der Waals surface area contributed by atoms with Crippen molar-refractivity contribution in [2.24, 2.45) is 0 Å². The number of hydrogen-bond donors (Lipinski definition) is 1. The Morgan fingerprint density at radius 3 is 2.96 bits per heavy atom. The van der Waals surface area contributed by atoms with Crippen molar-refractivity contribution >= 4 is 11.6 Å². The van der Waals surface area contributed by atoms with Gasteiger partial charge in [-0.25, -0.2) is 0 Å². The monoisotopic (exact) mass is 338 g/mol. The van der Waals surface area contributed by atoms with Crippen molar-refractivity contribution < 1.29 is 14.3 Å². The molecular weight excluding hydrogens is 316 g/mol. The number of anilines is 1. The van der Waals surface area contributed by atoms with E-state index in [1.54, 1.807) is 6.07 Å². The van der Waals surface area contributed by atoms with Crippen LogP contribution >= 0.6 is 0 Å². The first-order valence-corrected chi connectivity index (χ1v) is 8.68. The molecule has 1 heterocycles. The van der Waals surface area contributed by atoms with E-state index >= 15 is 0 Å². The van der Waals surface area contributed by atoms with Gasteiger partial charge in [-0.2, -0.15) is 0 Å². The fourth-order valence-electron chi connectivity index (χ4n) is 3.70. The van der Waals surface area contributed by atoms with Gasteiger partial charge in [-0.05, 0) is 49.6 Å². The van der Waals surface area contributed by atoms with Gasteiger partial charge in [0.1, 0.15) is 0 Å². The predicted octanol–water partition coefficient (Wildman–Crippen LogP) is 3.36. The van der Waals surface area contributed by atoms with Crippen LogP contribution in [0, 0.1) is 0 Å². The lowest BCUT2D eigenvalue weighted by atomic mass is 9.87. The second kappa shape index (κ2) is 6.76. The lowest BCUT2D eigenvalue weighted by Crippen LogP contribution is -2.34. The molecule has 2 aliphatic rings. The maximum Gasteiger partial charge on any atom is 0.238 e. The molecule has 0 spiro atoms. The Labute approximate surface area is 147 Å². The van der Waals surface area contributed by atoms with Crippen LogP contribution in [0.3, 0.4) is 0 Å². The molecule has 0 fully saturated rings. The summed E-state index contributed by atoms with van der Waals surface area (Å²) in [5, 5.41) is 2.95. The van der Waals surface area contributed by atoms with Crippen molar-refractivity contribution in [3.63, 3.8) is 0 Å². The smallest absolute Gasteiger partial charge is 0.238 e. The van der Waals surface area contributed by atoms with Gasteiger partial charge >= 0.3 is 0 Å². The normalized spacial score (nSPS) is 18.1. The quantitative estimate of drug-likeness (QED) is 0.929. The molecule has 0 saturated carbocycles. The summed E-state index contributed by atoms with van der Waals surface area (Å²) in [7, 11) is 2.02. The van der Waals surface area contributed by atoms with E-state index in [1.165, 1.54) is 11.1 Å². The van der Waals surface area contributed by atoms with Crippen LogP contribution < -0.4 is 14.8 Å². The van der Waals surface area contributed by atoms with Gasteiger partial charge in [0, 0.05) is 17.8 Å². The van der Waals surface area contributed by atoms with Gasteiger partial charge in [-0.15, -0.1) is 0 Å². The van der Waals surface area contributed by atoms with Crippen LogP contribution in [0.25, 0.3) is 0 Å². The minimum atomic E-state index is -0.0237. The minimum Gasteiger partial charge on any atom is -0.454 e. The number of ether oxygens (including phenoxy) is 2. The number of amides is 1. The summed E-state index contributed by atoms with van der Waals surface area (Å²) in [6.45, 7) is 0.587. The Bertz CT molecular complexity index is 790. The van der Waals surface area contributed by atoms with Gasteiger partial charge in [-0.3, -0.25) is 9.69 Å². The Morgan fingerprint density at radius 1 is 1.20 bits per heavy atom. The summed E-state index contributed by atoms with van der Waals surface area (Å²) in [5.74, 6) is 1.37. The Balaban J connectivity index is 1.41. The maximum atomic E-state index is 12.5. The fraction of sp³-hybridized carbons (Fsp3) is 0.350. The van der Waals surface area contributed by atoms with Gasteiger partial charge in [0.15, 0.2) is 11.5 Å². The Kier molecular flexibility index (Phi) is 4.32. The summed E-state index contributed by atoms with van der Waals surface area (Å²) in [6, 6.07) is 14.3. The first-order valence-electron chi connectivity index (χ1n) is 8.68. The number of benzene rings is 2. The number of aryl methyl sites for hydroxylation is 1. The van der Waals surface area contributed by atoms with E-state index in [0.29, 0.717) is 24.1 Å². The summed E-state index contributed by atoms with van der Waals surface area (Å²) >= 11 is 0. The number of carbonyl (C=O) groups excluding carboxylic acids is 1. The van der Waals surface area contributed by atoms with Crippen LogP contribution in [0.15, 0.2) is 42.5 Å². The van der Waals surface area contributed by atoms with E-state index in [-0.39, 0.29) is 12.7 Å². The molecule has 130 valence electrons. The lowest BCUT2D eigenvalue weighted by molar-refractivity contribution is -0.117. The van der Waals surface area contributed by atoms with Crippen LogP contribution in [0.4, 0.5) is 5.69 Å². The van der Waals surface area contributed by atoms with Gasteiger partial charge < -0.3 is 14.8 Å². The molecule has 1 atom stereocenters. The average molecular weight is 338 g/mol. The number of nitrogens with one attached hydrogen (secondary N) is 1. The topological polar surface area (TPSA) is 50.8 Å². The molecule has 1 aliphatic heterocycles. The third-order valence-corrected chi connectivity index (χ3v) is 4.92. The van der Waals surface area contributed by atoms with Crippen molar-refractivity contribution in [2.75, 3.05) is 25.7 Å². The van der Waals surface area contributed by atoms with E-state index in [9.17, 15) is 4.79 Å². The molecule has 1 aliphatic carbocycles. The number of rotatable bonds is 4. The fourth-order valence-corrected chi connectivity index (χ4v) is 3.70. The van der Waals surface area contributed by atoms with Gasteiger partial charge in [0.25, 0.3) is 0 Å². The van der Waals surface area contributed by atoms with Crippen LogP contribution in [-0.4, -0.2) is 31.2 Å². The molecule has 1 amide bonds. The molecule has 0 unspecified atom stereocenters. The SMILES string of the molecule is CN(CC(=O)Nc1ccc2c(c1)OCO2)[C@H]1CCCc2ccccc21. The predicted molar refractivity (Wildman–Crippen MR) is 95.9 cm³/mol. The highest BCUT2D eigenvalue weighted by atomic mass is 16.7. The Hall–Kier alpha value is -2.53. The summed E-state index contributed by atoms with van der Waals surface area (Å²) < 4.78 is 10.6. The first kappa shape index (κ1) is 16.0. The van der Waals surface area contributed by atoms with Crippen molar-refractivity contribution in [1.82, 2.24) is 4.90 Å². The molecule has 0 saturated heterocycles. The molecule has 5 nitrogen and oxygen atoms in total. The van der Waals surface area contributed by atoms with E-state index in [0.717, 1.165) is 24.9 Å². The van der Waals surface area contributed by atoms with E-state index in [2.05, 4.69) is 34.5 Å². The largest absolute Gasteiger partial charge is 0.454 e. The second-order valence-corrected chi connectivity index (χ2v) is 6.64. The number of hydrogen-bond acceptors (Lipinski definition) is 4. The van der Waals surface area contributed by atoms with E-state index < -0.39 is 0 Å². The molecule has 25 heavy (non-hydrogen) atoms. The summed E-state index contributed by atoms with van der Waals surface area (Å²) in [5.41, 5.74) is 3.49. The lowest BCUT2D eigenvalue weighted by Gasteiger charge is -2.32. The zero-order valence-electron chi connectivity index (χ0n) is 14.3. The Morgan fingerprint density at radius 2 is 2.04 bits per heavy atom. The third kappa shape index (κ3) is 3.33. The van der Waals surface area contributed by atoms with Crippen molar-refractivity contribution in [3.05, 3.63) is 53.6 Å². The van der Waals surface area contributed by atoms with Gasteiger partial charge in [0.2, 0.25) is 12.7 Å².